The summed E-state index contributed by atoms with van der Waals surface area (Å²) in [6.07, 6.45) is 2.06. The lowest BCUT2D eigenvalue weighted by Crippen LogP contribution is -2.24. The Hall–Kier alpha value is -1.79. The molecule has 0 radical (unpaired) electrons. The van der Waals surface area contributed by atoms with Crippen molar-refractivity contribution in [2.24, 2.45) is 0 Å². The first kappa shape index (κ1) is 19.5. The summed E-state index contributed by atoms with van der Waals surface area (Å²) in [6, 6.07) is 14.1. The summed E-state index contributed by atoms with van der Waals surface area (Å²) in [6.45, 7) is 0.474. The highest BCUT2D eigenvalue weighted by molar-refractivity contribution is 7.99. The molecule has 1 amide bonds. The van der Waals surface area contributed by atoms with E-state index in [0.29, 0.717) is 23.8 Å². The molecule has 0 atom stereocenters. The maximum atomic E-state index is 12.0. The van der Waals surface area contributed by atoms with Crippen LogP contribution in [-0.4, -0.2) is 32.1 Å². The van der Waals surface area contributed by atoms with Crippen LogP contribution in [0.3, 0.4) is 0 Å². The number of amides is 1. The molecule has 0 saturated carbocycles. The first-order valence-corrected chi connectivity index (χ1v) is 10.2. The van der Waals surface area contributed by atoms with Crippen LogP contribution in [0.1, 0.15) is 11.1 Å². The van der Waals surface area contributed by atoms with Gasteiger partial charge in [0.25, 0.3) is 0 Å². The molecule has 0 bridgehead atoms. The number of benzene rings is 2. The second-order valence-corrected chi connectivity index (χ2v) is 7.17. The first-order chi connectivity index (χ1) is 12.2. The number of hydrogen-bond acceptors (Lipinski definition) is 5. The fourth-order valence-corrected chi connectivity index (χ4v) is 3.45. The minimum Gasteiger partial charge on any atom is -0.493 e. The van der Waals surface area contributed by atoms with Gasteiger partial charge in [-0.2, -0.15) is 0 Å². The molecule has 25 heavy (non-hydrogen) atoms. The highest BCUT2D eigenvalue weighted by atomic mass is 32.2. The van der Waals surface area contributed by atoms with Crippen molar-refractivity contribution in [3.63, 3.8) is 0 Å². The lowest BCUT2D eigenvalue weighted by atomic mass is 10.2. The van der Waals surface area contributed by atoms with Crippen LogP contribution in [0.15, 0.2) is 47.4 Å². The number of thioether (sulfide) groups is 2. The molecule has 2 aromatic carbocycles. The Morgan fingerprint density at radius 3 is 2.32 bits per heavy atom. The van der Waals surface area contributed by atoms with Crippen molar-refractivity contribution in [3.8, 4) is 11.5 Å². The summed E-state index contributed by atoms with van der Waals surface area (Å²) >= 11 is 3.34. The molecule has 0 aliphatic heterocycles. The van der Waals surface area contributed by atoms with Crippen LogP contribution >= 0.6 is 23.5 Å². The molecule has 2 aromatic rings. The van der Waals surface area contributed by atoms with E-state index in [0.717, 1.165) is 11.3 Å². The summed E-state index contributed by atoms with van der Waals surface area (Å²) in [7, 11) is 3.20. The van der Waals surface area contributed by atoms with E-state index in [1.807, 2.05) is 18.2 Å². The summed E-state index contributed by atoms with van der Waals surface area (Å²) in [5, 5.41) is 2.93. The number of nitrogens with one attached hydrogen (secondary N) is 1. The molecular weight excluding hydrogens is 354 g/mol. The SMILES string of the molecule is COc1ccc(CNC(=O)CSCc2ccc(SC)cc2)cc1OC. The van der Waals surface area contributed by atoms with Crippen molar-refractivity contribution in [1.29, 1.82) is 0 Å². The number of hydrogen-bond donors (Lipinski definition) is 1. The molecule has 4 nitrogen and oxygen atoms in total. The van der Waals surface area contributed by atoms with Gasteiger partial charge in [-0.05, 0) is 41.6 Å². The van der Waals surface area contributed by atoms with E-state index in [-0.39, 0.29) is 5.91 Å². The molecular formula is C19H23NO3S2. The monoisotopic (exact) mass is 377 g/mol. The molecule has 0 unspecified atom stereocenters. The van der Waals surface area contributed by atoms with Gasteiger partial charge in [-0.15, -0.1) is 23.5 Å². The molecule has 2 rings (SSSR count). The van der Waals surface area contributed by atoms with Crippen LogP contribution in [0.5, 0.6) is 11.5 Å². The number of methoxy groups -OCH3 is 2. The van der Waals surface area contributed by atoms with Crippen LogP contribution in [0.2, 0.25) is 0 Å². The topological polar surface area (TPSA) is 47.6 Å². The predicted molar refractivity (Wildman–Crippen MR) is 106 cm³/mol. The molecule has 0 aliphatic carbocycles. The normalized spacial score (nSPS) is 10.4. The van der Waals surface area contributed by atoms with Crippen LogP contribution < -0.4 is 14.8 Å². The molecule has 0 fully saturated rings. The largest absolute Gasteiger partial charge is 0.493 e. The van der Waals surface area contributed by atoms with Crippen molar-refractivity contribution in [1.82, 2.24) is 5.32 Å². The molecule has 1 N–H and O–H groups in total. The van der Waals surface area contributed by atoms with Crippen LogP contribution in [-0.2, 0) is 17.1 Å². The van der Waals surface area contributed by atoms with E-state index in [1.54, 1.807) is 37.7 Å². The van der Waals surface area contributed by atoms with E-state index in [9.17, 15) is 4.79 Å². The van der Waals surface area contributed by atoms with Gasteiger partial charge in [-0.1, -0.05) is 18.2 Å². The van der Waals surface area contributed by atoms with E-state index < -0.39 is 0 Å². The van der Waals surface area contributed by atoms with Gasteiger partial charge in [-0.25, -0.2) is 0 Å². The Balaban J connectivity index is 1.75. The van der Waals surface area contributed by atoms with E-state index >= 15 is 0 Å². The molecule has 0 heterocycles. The number of carbonyl (C=O) groups is 1. The van der Waals surface area contributed by atoms with Crippen LogP contribution in [0, 0.1) is 0 Å². The maximum Gasteiger partial charge on any atom is 0.230 e. The van der Waals surface area contributed by atoms with E-state index in [1.165, 1.54) is 10.5 Å². The number of ether oxygens (including phenoxy) is 2. The van der Waals surface area contributed by atoms with Crippen molar-refractivity contribution in [3.05, 3.63) is 53.6 Å². The zero-order chi connectivity index (χ0) is 18.1. The summed E-state index contributed by atoms with van der Waals surface area (Å²) in [5.41, 5.74) is 2.21. The van der Waals surface area contributed by atoms with Crippen LogP contribution in [0.4, 0.5) is 0 Å². The zero-order valence-corrected chi connectivity index (χ0v) is 16.3. The molecule has 0 saturated heterocycles. The second-order valence-electron chi connectivity index (χ2n) is 5.31. The summed E-state index contributed by atoms with van der Waals surface area (Å²) < 4.78 is 10.5. The van der Waals surface area contributed by atoms with Gasteiger partial charge in [0.15, 0.2) is 11.5 Å². The Bertz CT molecular complexity index is 690. The van der Waals surface area contributed by atoms with Gasteiger partial charge in [0.1, 0.15) is 0 Å². The van der Waals surface area contributed by atoms with Gasteiger partial charge in [-0.3, -0.25) is 4.79 Å². The lowest BCUT2D eigenvalue weighted by molar-refractivity contribution is -0.118. The Morgan fingerprint density at radius 2 is 1.68 bits per heavy atom. The predicted octanol–water partition coefficient (Wildman–Crippen LogP) is 3.98. The first-order valence-electron chi connectivity index (χ1n) is 7.84. The standard InChI is InChI=1S/C19H23NO3S2/c1-22-17-9-6-15(10-18(17)23-2)11-20-19(21)13-25-12-14-4-7-16(24-3)8-5-14/h4-10H,11-13H2,1-3H3,(H,20,21). The molecule has 0 aliphatic rings. The minimum atomic E-state index is 0.0283. The third-order valence-corrected chi connectivity index (χ3v) is 5.35. The lowest BCUT2D eigenvalue weighted by Gasteiger charge is -2.10. The highest BCUT2D eigenvalue weighted by Gasteiger charge is 2.06. The van der Waals surface area contributed by atoms with Crippen LogP contribution in [0.25, 0.3) is 0 Å². The molecule has 0 aromatic heterocycles. The summed E-state index contributed by atoms with van der Waals surface area (Å²) in [4.78, 5) is 13.2. The van der Waals surface area contributed by atoms with Gasteiger partial charge >= 0.3 is 0 Å². The number of rotatable bonds is 9. The second kappa shape index (κ2) is 10.3. The van der Waals surface area contributed by atoms with Crippen molar-refractivity contribution in [2.75, 3.05) is 26.2 Å². The molecule has 0 spiro atoms. The minimum absolute atomic E-state index is 0.0283. The average molecular weight is 378 g/mol. The highest BCUT2D eigenvalue weighted by Crippen LogP contribution is 2.27. The zero-order valence-electron chi connectivity index (χ0n) is 14.7. The smallest absolute Gasteiger partial charge is 0.230 e. The van der Waals surface area contributed by atoms with Gasteiger partial charge in [0.05, 0.1) is 20.0 Å². The van der Waals surface area contributed by atoms with E-state index in [4.69, 9.17) is 9.47 Å². The fourth-order valence-electron chi connectivity index (χ4n) is 2.23. The fraction of sp³-hybridized carbons (Fsp3) is 0.316. The van der Waals surface area contributed by atoms with Crippen molar-refractivity contribution >= 4 is 29.4 Å². The van der Waals surface area contributed by atoms with Gasteiger partial charge < -0.3 is 14.8 Å². The third kappa shape index (κ3) is 6.21. The third-order valence-electron chi connectivity index (χ3n) is 3.60. The molecule has 6 heteroatoms. The van der Waals surface area contributed by atoms with E-state index in [2.05, 4.69) is 35.8 Å². The quantitative estimate of drug-likeness (QED) is 0.670. The Kier molecular flexibility index (Phi) is 8.01. The Morgan fingerprint density at radius 1 is 1.00 bits per heavy atom. The van der Waals surface area contributed by atoms with Gasteiger partial charge in [0.2, 0.25) is 5.91 Å². The molecule has 134 valence electrons. The van der Waals surface area contributed by atoms with Gasteiger partial charge in [0, 0.05) is 17.2 Å². The van der Waals surface area contributed by atoms with Crippen molar-refractivity contribution in [2.45, 2.75) is 17.2 Å². The number of carbonyl (C=O) groups excluding carboxylic acids is 1. The Labute approximate surface area is 157 Å². The van der Waals surface area contributed by atoms with Crippen molar-refractivity contribution < 1.29 is 14.3 Å². The summed E-state index contributed by atoms with van der Waals surface area (Å²) in [5.74, 6) is 2.65. The average Bonchev–Trinajstić information content (AvgIpc) is 2.66. The maximum absolute atomic E-state index is 12.0.